The van der Waals surface area contributed by atoms with E-state index in [9.17, 15) is 4.79 Å². The molecule has 106 valence electrons. The number of carbonyl (C=O) groups is 1. The van der Waals surface area contributed by atoms with Crippen molar-refractivity contribution in [2.24, 2.45) is 5.10 Å². The van der Waals surface area contributed by atoms with Gasteiger partial charge in [0, 0.05) is 22.6 Å². The van der Waals surface area contributed by atoms with Gasteiger partial charge >= 0.3 is 0 Å². The largest absolute Gasteiger partial charge is 0.272 e. The van der Waals surface area contributed by atoms with Crippen LogP contribution in [0.15, 0.2) is 58.2 Å². The number of nitrogens with zero attached hydrogens (tertiary/aromatic N) is 2. The second-order valence-corrected chi connectivity index (χ2v) is 5.23. The van der Waals surface area contributed by atoms with Crippen LogP contribution in [0.2, 0.25) is 0 Å². The smallest absolute Gasteiger partial charge is 0.267 e. The molecule has 0 saturated heterocycles. The third-order valence-electron chi connectivity index (χ3n) is 2.66. The number of pyridine rings is 1. The third-order valence-corrected chi connectivity index (χ3v) is 3.19. The molecule has 21 heavy (non-hydrogen) atoms. The van der Waals surface area contributed by atoms with Crippen LogP contribution in [0.1, 0.15) is 21.6 Å². The van der Waals surface area contributed by atoms with Crippen LogP contribution in [-0.4, -0.2) is 17.1 Å². The molecule has 0 bridgehead atoms. The van der Waals surface area contributed by atoms with E-state index in [1.54, 1.807) is 18.2 Å². The maximum absolute atomic E-state index is 11.7. The molecule has 0 fully saturated rings. The number of hydrogen-bond acceptors (Lipinski definition) is 3. The summed E-state index contributed by atoms with van der Waals surface area (Å²) in [4.78, 5) is 15.8. The molecule has 1 aromatic heterocycles. The van der Waals surface area contributed by atoms with Crippen molar-refractivity contribution in [3.63, 3.8) is 0 Å². The van der Waals surface area contributed by atoms with Crippen molar-refractivity contribution in [3.8, 4) is 0 Å². The summed E-state index contributed by atoms with van der Waals surface area (Å²) in [7, 11) is 0. The number of allylic oxidation sites excluding steroid dienone is 1. The van der Waals surface area contributed by atoms with Gasteiger partial charge in [-0.15, -0.1) is 0 Å². The molecule has 4 nitrogen and oxygen atoms in total. The number of aromatic nitrogens is 1. The summed E-state index contributed by atoms with van der Waals surface area (Å²) >= 11 is 3.38. The van der Waals surface area contributed by atoms with E-state index in [2.05, 4.69) is 31.4 Å². The number of amides is 1. The zero-order valence-electron chi connectivity index (χ0n) is 11.5. The van der Waals surface area contributed by atoms with Gasteiger partial charge < -0.3 is 0 Å². The molecule has 5 heteroatoms. The molecular weight excluding hydrogens is 330 g/mol. The summed E-state index contributed by atoms with van der Waals surface area (Å²) in [5.41, 5.74) is 4.85. The fraction of sp³-hybridized carbons (Fsp3) is 0.0625. The number of hydrogen-bond donors (Lipinski definition) is 1. The molecule has 1 amide bonds. The van der Waals surface area contributed by atoms with Crippen molar-refractivity contribution in [3.05, 3.63) is 70.0 Å². The van der Waals surface area contributed by atoms with Crippen LogP contribution >= 0.6 is 15.9 Å². The minimum absolute atomic E-state index is 0.282. The fourth-order valence-electron chi connectivity index (χ4n) is 1.53. The first-order chi connectivity index (χ1) is 10.1. The predicted octanol–water partition coefficient (Wildman–Crippen LogP) is 3.58. The Morgan fingerprint density at radius 2 is 2.00 bits per heavy atom. The van der Waals surface area contributed by atoms with Crippen molar-refractivity contribution in [2.75, 3.05) is 0 Å². The first-order valence-corrected chi connectivity index (χ1v) is 7.13. The topological polar surface area (TPSA) is 54.4 Å². The van der Waals surface area contributed by atoms with Gasteiger partial charge in [-0.25, -0.2) is 5.43 Å². The van der Waals surface area contributed by atoms with Gasteiger partial charge in [0.1, 0.15) is 0 Å². The fourth-order valence-corrected chi connectivity index (χ4v) is 1.80. The zero-order chi connectivity index (χ0) is 15.1. The number of benzene rings is 1. The van der Waals surface area contributed by atoms with E-state index in [0.717, 1.165) is 15.7 Å². The Hall–Kier alpha value is -2.27. The highest BCUT2D eigenvalue weighted by Gasteiger charge is 2.02. The lowest BCUT2D eigenvalue weighted by atomic mass is 10.2. The summed E-state index contributed by atoms with van der Waals surface area (Å²) in [6.07, 6.45) is 6.71. The van der Waals surface area contributed by atoms with Crippen LogP contribution in [0.4, 0.5) is 0 Å². The normalized spacial score (nSPS) is 11.1. The molecule has 2 aromatic rings. The molecule has 2 rings (SSSR count). The Kier molecular flexibility index (Phi) is 5.40. The minimum atomic E-state index is -0.282. The number of carbonyl (C=O) groups excluding carboxylic acids is 1. The summed E-state index contributed by atoms with van der Waals surface area (Å²) in [5.74, 6) is -0.282. The van der Waals surface area contributed by atoms with E-state index in [-0.39, 0.29) is 5.91 Å². The maximum atomic E-state index is 11.7. The molecule has 0 aliphatic rings. The molecular formula is C16H14BrN3O. The van der Waals surface area contributed by atoms with Crippen LogP contribution in [0.5, 0.6) is 0 Å². The minimum Gasteiger partial charge on any atom is -0.267 e. The van der Waals surface area contributed by atoms with Crippen LogP contribution in [0.3, 0.4) is 0 Å². The second-order valence-electron chi connectivity index (χ2n) is 4.32. The summed E-state index contributed by atoms with van der Waals surface area (Å²) in [5, 5.41) is 3.85. The number of halogens is 1. The van der Waals surface area contributed by atoms with Gasteiger partial charge in [-0.3, -0.25) is 9.78 Å². The van der Waals surface area contributed by atoms with Crippen molar-refractivity contribution in [1.82, 2.24) is 10.4 Å². The van der Waals surface area contributed by atoms with E-state index in [4.69, 9.17) is 0 Å². The van der Waals surface area contributed by atoms with Gasteiger partial charge in [0.05, 0.1) is 5.56 Å². The molecule has 1 N–H and O–H groups in total. The van der Waals surface area contributed by atoms with Crippen LogP contribution in [0, 0.1) is 6.92 Å². The van der Waals surface area contributed by atoms with Crippen LogP contribution in [0.25, 0.3) is 6.08 Å². The molecule has 0 atom stereocenters. The lowest BCUT2D eigenvalue weighted by molar-refractivity contribution is 0.0955. The highest BCUT2D eigenvalue weighted by Crippen LogP contribution is 2.11. The second kappa shape index (κ2) is 7.50. The molecule has 0 spiro atoms. The Labute approximate surface area is 131 Å². The Morgan fingerprint density at radius 3 is 2.67 bits per heavy atom. The molecule has 1 aromatic carbocycles. The molecule has 1 heterocycles. The van der Waals surface area contributed by atoms with Gasteiger partial charge in [-0.2, -0.15) is 5.10 Å². The van der Waals surface area contributed by atoms with Gasteiger partial charge in [0.15, 0.2) is 0 Å². The van der Waals surface area contributed by atoms with Gasteiger partial charge in [0.2, 0.25) is 0 Å². The molecule has 0 saturated carbocycles. The number of rotatable bonds is 4. The monoisotopic (exact) mass is 343 g/mol. The third kappa shape index (κ3) is 4.96. The van der Waals surface area contributed by atoms with Crippen LogP contribution < -0.4 is 5.43 Å². The first-order valence-electron chi connectivity index (χ1n) is 6.33. The molecule has 0 aliphatic carbocycles. The van der Waals surface area contributed by atoms with Crippen LogP contribution in [-0.2, 0) is 0 Å². The first kappa shape index (κ1) is 15.1. The predicted molar refractivity (Wildman–Crippen MR) is 88.1 cm³/mol. The SMILES string of the molecule is Cc1ccc(C(=O)N/N=C/C=C/c2ccc(Br)cc2)cn1. The number of nitrogens with one attached hydrogen (secondary N) is 1. The molecule has 0 aliphatic heterocycles. The summed E-state index contributed by atoms with van der Waals surface area (Å²) in [6, 6.07) is 11.4. The van der Waals surface area contributed by atoms with Gasteiger partial charge in [-0.1, -0.05) is 34.1 Å². The van der Waals surface area contributed by atoms with E-state index >= 15 is 0 Å². The highest BCUT2D eigenvalue weighted by molar-refractivity contribution is 9.10. The van der Waals surface area contributed by atoms with E-state index in [0.29, 0.717) is 5.56 Å². The Bertz CT molecular complexity index is 661. The molecule has 0 radical (unpaired) electrons. The number of hydrazone groups is 1. The van der Waals surface area contributed by atoms with Crippen molar-refractivity contribution < 1.29 is 4.79 Å². The lowest BCUT2D eigenvalue weighted by Crippen LogP contribution is -2.17. The molecule has 0 unspecified atom stereocenters. The van der Waals surface area contributed by atoms with Crippen molar-refractivity contribution in [1.29, 1.82) is 0 Å². The quantitative estimate of drug-likeness (QED) is 0.681. The lowest BCUT2D eigenvalue weighted by Gasteiger charge is -1.98. The maximum Gasteiger partial charge on any atom is 0.272 e. The Morgan fingerprint density at radius 1 is 1.24 bits per heavy atom. The summed E-state index contributed by atoms with van der Waals surface area (Å²) < 4.78 is 1.03. The van der Waals surface area contributed by atoms with Crippen molar-refractivity contribution >= 4 is 34.1 Å². The zero-order valence-corrected chi connectivity index (χ0v) is 13.0. The van der Waals surface area contributed by atoms with Gasteiger partial charge in [-0.05, 0) is 42.8 Å². The van der Waals surface area contributed by atoms with E-state index in [1.165, 1.54) is 12.4 Å². The average molecular weight is 344 g/mol. The highest BCUT2D eigenvalue weighted by atomic mass is 79.9. The Balaban J connectivity index is 1.86. The standard InChI is InChI=1S/C16H14BrN3O/c1-12-4-7-14(11-18-12)16(21)20-19-10-2-3-13-5-8-15(17)9-6-13/h2-11H,1H3,(H,20,21)/b3-2+,19-10+. The van der Waals surface area contributed by atoms with Crippen molar-refractivity contribution in [2.45, 2.75) is 6.92 Å². The number of aryl methyl sites for hydroxylation is 1. The van der Waals surface area contributed by atoms with E-state index in [1.807, 2.05) is 37.3 Å². The van der Waals surface area contributed by atoms with Gasteiger partial charge in [0.25, 0.3) is 5.91 Å². The summed E-state index contributed by atoms with van der Waals surface area (Å²) in [6.45, 7) is 1.87. The average Bonchev–Trinajstić information content (AvgIpc) is 2.49. The van der Waals surface area contributed by atoms with E-state index < -0.39 is 0 Å².